The fraction of sp³-hybridized carbons (Fsp3) is 0.933. The van der Waals surface area contributed by atoms with Gasteiger partial charge in [0.1, 0.15) is 0 Å². The predicted octanol–water partition coefficient (Wildman–Crippen LogP) is 0.317. The first-order chi connectivity index (χ1) is 9.66. The molecular formula is C15H30N4O. The van der Waals surface area contributed by atoms with E-state index in [9.17, 15) is 4.79 Å². The fourth-order valence-electron chi connectivity index (χ4n) is 3.07. The lowest BCUT2D eigenvalue weighted by atomic mass is 10.0. The van der Waals surface area contributed by atoms with E-state index < -0.39 is 0 Å². The molecule has 0 aromatic rings. The minimum absolute atomic E-state index is 0.0693. The summed E-state index contributed by atoms with van der Waals surface area (Å²) in [5, 5.41) is 9.66. The summed E-state index contributed by atoms with van der Waals surface area (Å²) in [6.45, 7) is 9.16. The molecule has 0 aromatic carbocycles. The highest BCUT2D eigenvalue weighted by Crippen LogP contribution is 2.15. The lowest BCUT2D eigenvalue weighted by molar-refractivity contribution is -0.123. The summed E-state index contributed by atoms with van der Waals surface area (Å²) in [6, 6.07) is 1.10. The first-order valence-electron chi connectivity index (χ1n) is 8.15. The SMILES string of the molecule is CC1CNC(C(=O)NCCCN2CCCCC2C)CN1. The van der Waals surface area contributed by atoms with Crippen molar-refractivity contribution in [2.45, 2.75) is 57.7 Å². The van der Waals surface area contributed by atoms with Crippen LogP contribution in [0, 0.1) is 0 Å². The van der Waals surface area contributed by atoms with E-state index in [0.29, 0.717) is 12.1 Å². The van der Waals surface area contributed by atoms with Gasteiger partial charge in [0.25, 0.3) is 0 Å². The van der Waals surface area contributed by atoms with Gasteiger partial charge >= 0.3 is 0 Å². The molecule has 0 saturated carbocycles. The van der Waals surface area contributed by atoms with Crippen LogP contribution in [0.25, 0.3) is 0 Å². The van der Waals surface area contributed by atoms with Gasteiger partial charge in [0.2, 0.25) is 5.91 Å². The van der Waals surface area contributed by atoms with Gasteiger partial charge in [-0.25, -0.2) is 0 Å². The maximum absolute atomic E-state index is 12.0. The smallest absolute Gasteiger partial charge is 0.238 e. The summed E-state index contributed by atoms with van der Waals surface area (Å²) in [5.41, 5.74) is 0. The van der Waals surface area contributed by atoms with E-state index >= 15 is 0 Å². The normalized spacial score (nSPS) is 32.0. The molecule has 0 bridgehead atoms. The average molecular weight is 282 g/mol. The molecule has 116 valence electrons. The molecule has 2 saturated heterocycles. The van der Waals surface area contributed by atoms with Crippen molar-refractivity contribution in [2.24, 2.45) is 0 Å². The highest BCUT2D eigenvalue weighted by molar-refractivity contribution is 5.82. The molecule has 3 N–H and O–H groups in total. The number of piperidine rings is 1. The van der Waals surface area contributed by atoms with Crippen LogP contribution in [-0.4, -0.2) is 61.7 Å². The second kappa shape index (κ2) is 7.96. The van der Waals surface area contributed by atoms with Gasteiger partial charge < -0.3 is 20.9 Å². The molecule has 5 nitrogen and oxygen atoms in total. The number of likely N-dealkylation sites (tertiary alicyclic amines) is 1. The van der Waals surface area contributed by atoms with Crippen LogP contribution in [0.3, 0.4) is 0 Å². The lowest BCUT2D eigenvalue weighted by Gasteiger charge is -2.33. The first-order valence-corrected chi connectivity index (χ1v) is 8.15. The number of hydrogen-bond donors (Lipinski definition) is 3. The number of rotatable bonds is 5. The number of nitrogens with zero attached hydrogens (tertiary/aromatic N) is 1. The molecule has 2 heterocycles. The third-order valence-corrected chi connectivity index (χ3v) is 4.52. The summed E-state index contributed by atoms with van der Waals surface area (Å²) in [5.74, 6) is 0.135. The summed E-state index contributed by atoms with van der Waals surface area (Å²) in [6.07, 6.45) is 5.06. The maximum Gasteiger partial charge on any atom is 0.238 e. The lowest BCUT2D eigenvalue weighted by Crippen LogP contribution is -2.59. The molecule has 0 aliphatic carbocycles. The van der Waals surface area contributed by atoms with Crippen LogP contribution in [0.15, 0.2) is 0 Å². The average Bonchev–Trinajstić information content (AvgIpc) is 2.46. The van der Waals surface area contributed by atoms with Gasteiger partial charge in [0.15, 0.2) is 0 Å². The van der Waals surface area contributed by atoms with E-state index in [4.69, 9.17) is 0 Å². The van der Waals surface area contributed by atoms with Crippen molar-refractivity contribution in [2.75, 3.05) is 32.7 Å². The summed E-state index contributed by atoms with van der Waals surface area (Å²) < 4.78 is 0. The van der Waals surface area contributed by atoms with E-state index in [1.807, 2.05) is 0 Å². The van der Waals surface area contributed by atoms with Crippen molar-refractivity contribution in [3.8, 4) is 0 Å². The number of amides is 1. The second-order valence-corrected chi connectivity index (χ2v) is 6.30. The van der Waals surface area contributed by atoms with Gasteiger partial charge in [-0.15, -0.1) is 0 Å². The van der Waals surface area contributed by atoms with Crippen LogP contribution >= 0.6 is 0 Å². The van der Waals surface area contributed by atoms with Crippen LogP contribution in [0.4, 0.5) is 0 Å². The summed E-state index contributed by atoms with van der Waals surface area (Å²) >= 11 is 0. The topological polar surface area (TPSA) is 56.4 Å². The minimum atomic E-state index is -0.0693. The molecule has 3 unspecified atom stereocenters. The molecule has 2 aliphatic heterocycles. The van der Waals surface area contributed by atoms with Crippen molar-refractivity contribution in [1.29, 1.82) is 0 Å². The number of piperazine rings is 1. The fourth-order valence-corrected chi connectivity index (χ4v) is 3.07. The molecule has 0 aromatic heterocycles. The molecule has 2 fully saturated rings. The van der Waals surface area contributed by atoms with E-state index in [0.717, 1.165) is 32.6 Å². The molecule has 5 heteroatoms. The Morgan fingerprint density at radius 2 is 2.10 bits per heavy atom. The quantitative estimate of drug-likeness (QED) is 0.636. The van der Waals surface area contributed by atoms with Crippen molar-refractivity contribution < 1.29 is 4.79 Å². The molecule has 20 heavy (non-hydrogen) atoms. The molecule has 2 rings (SSSR count). The molecule has 0 spiro atoms. The number of carbonyl (C=O) groups excluding carboxylic acids is 1. The minimum Gasteiger partial charge on any atom is -0.355 e. The van der Waals surface area contributed by atoms with Crippen molar-refractivity contribution in [1.82, 2.24) is 20.9 Å². The Bertz CT molecular complexity index is 302. The predicted molar refractivity (Wildman–Crippen MR) is 81.8 cm³/mol. The second-order valence-electron chi connectivity index (χ2n) is 6.30. The third kappa shape index (κ3) is 4.72. The number of carbonyl (C=O) groups is 1. The molecule has 2 aliphatic rings. The van der Waals surface area contributed by atoms with Gasteiger partial charge in [0, 0.05) is 38.3 Å². The van der Waals surface area contributed by atoms with Crippen molar-refractivity contribution in [3.05, 3.63) is 0 Å². The van der Waals surface area contributed by atoms with Gasteiger partial charge in [-0.3, -0.25) is 4.79 Å². The molecule has 1 amide bonds. The Morgan fingerprint density at radius 1 is 1.25 bits per heavy atom. The summed E-state index contributed by atoms with van der Waals surface area (Å²) in [7, 11) is 0. The number of hydrogen-bond acceptors (Lipinski definition) is 4. The summed E-state index contributed by atoms with van der Waals surface area (Å²) in [4.78, 5) is 14.5. The number of nitrogens with one attached hydrogen (secondary N) is 3. The zero-order valence-corrected chi connectivity index (χ0v) is 13.0. The van der Waals surface area contributed by atoms with Crippen LogP contribution in [-0.2, 0) is 4.79 Å². The van der Waals surface area contributed by atoms with Gasteiger partial charge in [-0.05, 0) is 39.7 Å². The Hall–Kier alpha value is -0.650. The zero-order valence-electron chi connectivity index (χ0n) is 13.0. The van der Waals surface area contributed by atoms with Crippen LogP contribution in [0.5, 0.6) is 0 Å². The molecular weight excluding hydrogens is 252 g/mol. The zero-order chi connectivity index (χ0) is 14.4. The maximum atomic E-state index is 12.0. The van der Waals surface area contributed by atoms with E-state index in [-0.39, 0.29) is 11.9 Å². The van der Waals surface area contributed by atoms with Crippen molar-refractivity contribution >= 4 is 5.91 Å². The van der Waals surface area contributed by atoms with Gasteiger partial charge in [-0.1, -0.05) is 6.42 Å². The standard InChI is InChI=1S/C15H30N4O/c1-12-10-18-14(11-17-12)15(20)16-7-5-9-19-8-4-3-6-13(19)2/h12-14,17-18H,3-11H2,1-2H3,(H,16,20). The highest BCUT2D eigenvalue weighted by atomic mass is 16.2. The van der Waals surface area contributed by atoms with Crippen LogP contribution in [0.2, 0.25) is 0 Å². The molecule has 0 radical (unpaired) electrons. The highest BCUT2D eigenvalue weighted by Gasteiger charge is 2.23. The van der Waals surface area contributed by atoms with Crippen LogP contribution in [0.1, 0.15) is 39.5 Å². The monoisotopic (exact) mass is 282 g/mol. The Labute approximate surface area is 122 Å². The van der Waals surface area contributed by atoms with Gasteiger partial charge in [0.05, 0.1) is 6.04 Å². The van der Waals surface area contributed by atoms with Crippen molar-refractivity contribution in [3.63, 3.8) is 0 Å². The van der Waals surface area contributed by atoms with E-state index in [2.05, 4.69) is 34.7 Å². The Kier molecular flexibility index (Phi) is 6.26. The third-order valence-electron chi connectivity index (χ3n) is 4.52. The first kappa shape index (κ1) is 15.7. The van der Waals surface area contributed by atoms with E-state index in [1.54, 1.807) is 0 Å². The van der Waals surface area contributed by atoms with Crippen LogP contribution < -0.4 is 16.0 Å². The Balaban J connectivity index is 1.57. The molecule has 3 atom stereocenters. The van der Waals surface area contributed by atoms with Gasteiger partial charge in [-0.2, -0.15) is 0 Å². The largest absolute Gasteiger partial charge is 0.355 e. The van der Waals surface area contributed by atoms with E-state index in [1.165, 1.54) is 25.8 Å². The Morgan fingerprint density at radius 3 is 2.80 bits per heavy atom.